The molecular weight excluding hydrogens is 412 g/mol. The number of hydrogen-bond donors (Lipinski definition) is 2. The van der Waals surface area contributed by atoms with Crippen molar-refractivity contribution in [3.8, 4) is 11.5 Å². The lowest BCUT2D eigenvalue weighted by atomic mass is 9.81. The van der Waals surface area contributed by atoms with Crippen LogP contribution in [0.4, 0.5) is 0 Å². The first-order valence-electron chi connectivity index (χ1n) is 10.6. The second kappa shape index (κ2) is 12.2. The zero-order valence-corrected chi connectivity index (χ0v) is 20.3. The van der Waals surface area contributed by atoms with Gasteiger partial charge in [-0.05, 0) is 48.0 Å². The van der Waals surface area contributed by atoms with Crippen molar-refractivity contribution in [2.45, 2.75) is 65.7 Å². The lowest BCUT2D eigenvalue weighted by Gasteiger charge is -2.37. The minimum Gasteiger partial charge on any atom is -0.503 e. The van der Waals surface area contributed by atoms with Gasteiger partial charge in [-0.1, -0.05) is 23.8 Å². The van der Waals surface area contributed by atoms with Gasteiger partial charge in [-0.3, -0.25) is 4.79 Å². The normalized spacial score (nSPS) is 15.2. The van der Waals surface area contributed by atoms with Crippen LogP contribution in [-0.4, -0.2) is 53.9 Å². The SMILES string of the molecule is C/C=C\C(=C/C)C[C@@H]([C@H](C)OC(=O)[C@H](C)NC(=O)c1nccc(OC)c1O)C(C)(C)OC. The largest absolute Gasteiger partial charge is 0.503 e. The zero-order valence-electron chi connectivity index (χ0n) is 20.3. The molecule has 2 N–H and O–H groups in total. The van der Waals surface area contributed by atoms with Gasteiger partial charge >= 0.3 is 5.97 Å². The molecule has 0 bridgehead atoms. The van der Waals surface area contributed by atoms with Crippen LogP contribution in [0.2, 0.25) is 0 Å². The van der Waals surface area contributed by atoms with Crippen molar-refractivity contribution in [3.63, 3.8) is 0 Å². The molecule has 8 nitrogen and oxygen atoms in total. The van der Waals surface area contributed by atoms with E-state index in [0.29, 0.717) is 6.42 Å². The second-order valence-corrected chi connectivity index (χ2v) is 8.03. The molecule has 1 heterocycles. The van der Waals surface area contributed by atoms with Gasteiger partial charge in [0.25, 0.3) is 5.91 Å². The van der Waals surface area contributed by atoms with Crippen LogP contribution in [0.25, 0.3) is 0 Å². The summed E-state index contributed by atoms with van der Waals surface area (Å²) in [6, 6.07) is 0.469. The van der Waals surface area contributed by atoms with Crippen LogP contribution in [0, 0.1) is 5.92 Å². The Bertz CT molecular complexity index is 847. The fourth-order valence-electron chi connectivity index (χ4n) is 3.34. The Kier molecular flexibility index (Phi) is 10.4. The van der Waals surface area contributed by atoms with Crippen molar-refractivity contribution >= 4 is 11.9 Å². The first kappa shape index (κ1) is 27.2. The summed E-state index contributed by atoms with van der Waals surface area (Å²) in [5.41, 5.74) is 0.309. The molecule has 0 aliphatic heterocycles. The van der Waals surface area contributed by atoms with Gasteiger partial charge in [0.05, 0.1) is 12.7 Å². The third kappa shape index (κ3) is 7.09. The molecule has 1 rings (SSSR count). The molecule has 1 aromatic rings. The summed E-state index contributed by atoms with van der Waals surface area (Å²) in [4.78, 5) is 29.1. The predicted molar refractivity (Wildman–Crippen MR) is 123 cm³/mol. The summed E-state index contributed by atoms with van der Waals surface area (Å²) >= 11 is 0. The molecule has 0 unspecified atom stereocenters. The number of pyridine rings is 1. The highest BCUT2D eigenvalue weighted by molar-refractivity contribution is 5.97. The first-order chi connectivity index (χ1) is 15.0. The van der Waals surface area contributed by atoms with E-state index in [2.05, 4.69) is 10.3 Å². The summed E-state index contributed by atoms with van der Waals surface area (Å²) < 4.78 is 16.4. The number of carbonyl (C=O) groups excluding carboxylic acids is 2. The number of aromatic nitrogens is 1. The number of esters is 1. The Balaban J connectivity index is 2.93. The van der Waals surface area contributed by atoms with E-state index >= 15 is 0 Å². The maximum atomic E-state index is 12.7. The van der Waals surface area contributed by atoms with Crippen LogP contribution < -0.4 is 10.1 Å². The van der Waals surface area contributed by atoms with Gasteiger partial charge in [0, 0.05) is 25.3 Å². The van der Waals surface area contributed by atoms with E-state index in [0.717, 1.165) is 5.57 Å². The lowest BCUT2D eigenvalue weighted by Crippen LogP contribution is -2.45. The number of carbonyl (C=O) groups is 2. The Morgan fingerprint density at radius 3 is 2.44 bits per heavy atom. The van der Waals surface area contributed by atoms with Gasteiger partial charge in [-0.15, -0.1) is 0 Å². The highest BCUT2D eigenvalue weighted by Crippen LogP contribution is 2.32. The van der Waals surface area contributed by atoms with Gasteiger partial charge in [0.2, 0.25) is 0 Å². The van der Waals surface area contributed by atoms with Crippen molar-refractivity contribution in [3.05, 3.63) is 41.8 Å². The van der Waals surface area contributed by atoms with E-state index < -0.39 is 35.4 Å². The van der Waals surface area contributed by atoms with E-state index in [9.17, 15) is 14.7 Å². The number of aromatic hydroxyl groups is 1. The zero-order chi connectivity index (χ0) is 24.5. The average Bonchev–Trinajstić information content (AvgIpc) is 2.76. The van der Waals surface area contributed by atoms with Crippen LogP contribution >= 0.6 is 0 Å². The Hall–Kier alpha value is -2.87. The molecule has 0 fully saturated rings. The minimum atomic E-state index is -0.958. The van der Waals surface area contributed by atoms with E-state index in [1.165, 1.54) is 26.3 Å². The fourth-order valence-corrected chi connectivity index (χ4v) is 3.34. The van der Waals surface area contributed by atoms with Gasteiger partial charge in [0.15, 0.2) is 17.2 Å². The monoisotopic (exact) mass is 448 g/mol. The summed E-state index contributed by atoms with van der Waals surface area (Å²) in [6.45, 7) is 11.1. The molecule has 0 aromatic carbocycles. The minimum absolute atomic E-state index is 0.111. The van der Waals surface area contributed by atoms with E-state index in [-0.39, 0.29) is 17.4 Å². The third-order valence-electron chi connectivity index (χ3n) is 5.52. The molecule has 8 heteroatoms. The molecule has 3 atom stereocenters. The van der Waals surface area contributed by atoms with E-state index in [4.69, 9.17) is 14.2 Å². The molecule has 0 saturated carbocycles. The van der Waals surface area contributed by atoms with Crippen LogP contribution in [-0.2, 0) is 14.3 Å². The summed E-state index contributed by atoms with van der Waals surface area (Å²) in [7, 11) is 2.99. The Morgan fingerprint density at radius 2 is 1.91 bits per heavy atom. The number of hydrogen-bond acceptors (Lipinski definition) is 7. The summed E-state index contributed by atoms with van der Waals surface area (Å²) in [5, 5.41) is 12.6. The molecule has 0 saturated heterocycles. The first-order valence-corrected chi connectivity index (χ1v) is 10.6. The van der Waals surface area contributed by atoms with Crippen molar-refractivity contribution in [2.24, 2.45) is 5.92 Å². The smallest absolute Gasteiger partial charge is 0.328 e. The fraction of sp³-hybridized carbons (Fsp3) is 0.542. The molecule has 32 heavy (non-hydrogen) atoms. The number of amides is 1. The molecule has 0 spiro atoms. The van der Waals surface area contributed by atoms with Gasteiger partial charge in [0.1, 0.15) is 12.1 Å². The Labute approximate surface area is 190 Å². The Morgan fingerprint density at radius 1 is 1.25 bits per heavy atom. The number of methoxy groups -OCH3 is 2. The predicted octanol–water partition coefficient (Wildman–Crippen LogP) is 3.80. The number of ether oxygens (including phenoxy) is 3. The highest BCUT2D eigenvalue weighted by Gasteiger charge is 2.37. The summed E-state index contributed by atoms with van der Waals surface area (Å²) in [5.74, 6) is -1.73. The van der Waals surface area contributed by atoms with Crippen molar-refractivity contribution < 1.29 is 28.9 Å². The van der Waals surface area contributed by atoms with Crippen LogP contribution in [0.15, 0.2) is 36.1 Å². The number of nitrogens with zero attached hydrogens (tertiary/aromatic N) is 1. The lowest BCUT2D eigenvalue weighted by molar-refractivity contribution is -0.159. The van der Waals surface area contributed by atoms with Gasteiger partial charge < -0.3 is 24.6 Å². The summed E-state index contributed by atoms with van der Waals surface area (Å²) in [6.07, 6.45) is 7.49. The topological polar surface area (TPSA) is 107 Å². The highest BCUT2D eigenvalue weighted by atomic mass is 16.5. The molecule has 1 amide bonds. The number of allylic oxidation sites excluding steroid dienone is 4. The van der Waals surface area contributed by atoms with Crippen molar-refractivity contribution in [2.75, 3.05) is 14.2 Å². The van der Waals surface area contributed by atoms with Crippen molar-refractivity contribution in [1.29, 1.82) is 0 Å². The molecule has 1 aromatic heterocycles. The maximum absolute atomic E-state index is 12.7. The average molecular weight is 449 g/mol. The van der Waals surface area contributed by atoms with Crippen LogP contribution in [0.3, 0.4) is 0 Å². The number of rotatable bonds is 11. The maximum Gasteiger partial charge on any atom is 0.328 e. The van der Waals surface area contributed by atoms with Gasteiger partial charge in [-0.2, -0.15) is 0 Å². The van der Waals surface area contributed by atoms with Crippen LogP contribution in [0.5, 0.6) is 11.5 Å². The van der Waals surface area contributed by atoms with E-state index in [1.807, 2.05) is 52.8 Å². The molecular formula is C24H36N2O6. The quantitative estimate of drug-likeness (QED) is 0.392. The standard InChI is InChI=1S/C24H36N2O6/c1-9-11-17(10-2)14-18(24(5,6)31-8)16(4)32-23(29)15(3)26-22(28)20-21(27)19(30-7)12-13-25-20/h9-13,15-16,18,27H,14H2,1-8H3,(H,26,28)/b11-9-,17-10+/t15-,16-,18-/m0/s1. The second-order valence-electron chi connectivity index (χ2n) is 8.03. The third-order valence-corrected chi connectivity index (χ3v) is 5.52. The number of nitrogens with one attached hydrogen (secondary N) is 1. The van der Waals surface area contributed by atoms with E-state index in [1.54, 1.807) is 7.11 Å². The van der Waals surface area contributed by atoms with Gasteiger partial charge in [-0.25, -0.2) is 9.78 Å². The van der Waals surface area contributed by atoms with Crippen LogP contribution in [0.1, 0.15) is 58.5 Å². The molecule has 0 radical (unpaired) electrons. The molecule has 0 aliphatic carbocycles. The molecule has 0 aliphatic rings. The van der Waals surface area contributed by atoms with Crippen molar-refractivity contribution in [1.82, 2.24) is 10.3 Å². The molecule has 178 valence electrons.